The highest BCUT2D eigenvalue weighted by atomic mass is 79.9. The van der Waals surface area contributed by atoms with Crippen LogP contribution < -0.4 is 5.32 Å². The van der Waals surface area contributed by atoms with E-state index in [1.54, 1.807) is 23.0 Å². The van der Waals surface area contributed by atoms with Crippen LogP contribution in [0, 0.1) is 12.7 Å². The summed E-state index contributed by atoms with van der Waals surface area (Å²) in [5.41, 5.74) is 4.43. The second-order valence-electron chi connectivity index (χ2n) is 6.62. The minimum atomic E-state index is -0.319. The average molecular weight is 441 g/mol. The highest BCUT2D eigenvalue weighted by Gasteiger charge is 2.16. The lowest BCUT2D eigenvalue weighted by Gasteiger charge is -2.04. The smallest absolute Gasteiger partial charge is 0.272 e. The number of nitrogens with one attached hydrogen (secondary N) is 2. The van der Waals surface area contributed by atoms with Gasteiger partial charge in [-0.1, -0.05) is 12.1 Å². The lowest BCUT2D eigenvalue weighted by molar-refractivity contribution is 0.0948. The molecule has 28 heavy (non-hydrogen) atoms. The van der Waals surface area contributed by atoms with Gasteiger partial charge in [-0.05, 0) is 70.7 Å². The molecule has 0 unspecified atom stereocenters. The van der Waals surface area contributed by atoms with Crippen molar-refractivity contribution in [2.75, 3.05) is 6.54 Å². The van der Waals surface area contributed by atoms with E-state index in [1.807, 2.05) is 6.20 Å². The van der Waals surface area contributed by atoms with Crippen LogP contribution in [-0.4, -0.2) is 27.2 Å². The summed E-state index contributed by atoms with van der Waals surface area (Å²) in [4.78, 5) is 15.8. The second-order valence-corrected chi connectivity index (χ2v) is 7.47. The Morgan fingerprint density at radius 3 is 2.82 bits per heavy atom. The van der Waals surface area contributed by atoms with E-state index in [4.69, 9.17) is 0 Å². The number of amides is 1. The SMILES string of the molecule is Cc1ccc2c(CCNC(=O)c3nn(-c4ccc(F)cc4)cc3Br)c[nH]c2c1. The van der Waals surface area contributed by atoms with Gasteiger partial charge in [-0.25, -0.2) is 9.07 Å². The summed E-state index contributed by atoms with van der Waals surface area (Å²) in [5.74, 6) is -0.580. The van der Waals surface area contributed by atoms with Gasteiger partial charge in [0.15, 0.2) is 5.69 Å². The third-order valence-electron chi connectivity index (χ3n) is 4.58. The van der Waals surface area contributed by atoms with Crippen molar-refractivity contribution in [1.82, 2.24) is 20.1 Å². The predicted octanol–water partition coefficient (Wildman–Crippen LogP) is 4.54. The number of benzene rings is 2. The Kier molecular flexibility index (Phi) is 5.00. The summed E-state index contributed by atoms with van der Waals surface area (Å²) in [6, 6.07) is 12.2. The van der Waals surface area contributed by atoms with E-state index in [0.29, 0.717) is 28.8 Å². The minimum Gasteiger partial charge on any atom is -0.361 e. The van der Waals surface area contributed by atoms with Crippen molar-refractivity contribution in [3.8, 4) is 5.69 Å². The first-order valence-corrected chi connectivity index (χ1v) is 9.66. The van der Waals surface area contributed by atoms with Crippen LogP contribution in [0.15, 0.2) is 59.3 Å². The third kappa shape index (κ3) is 3.71. The Labute approximate surface area is 169 Å². The first-order chi connectivity index (χ1) is 13.5. The number of aromatic amines is 1. The van der Waals surface area contributed by atoms with Crippen molar-refractivity contribution in [3.05, 3.63) is 82.0 Å². The zero-order valence-corrected chi connectivity index (χ0v) is 16.8. The number of hydrogen-bond acceptors (Lipinski definition) is 2. The summed E-state index contributed by atoms with van der Waals surface area (Å²) in [6.07, 6.45) is 4.38. The number of aryl methyl sites for hydroxylation is 1. The van der Waals surface area contributed by atoms with Gasteiger partial charge in [0.2, 0.25) is 0 Å². The summed E-state index contributed by atoms with van der Waals surface area (Å²) >= 11 is 3.38. The molecule has 2 heterocycles. The molecule has 0 saturated carbocycles. The van der Waals surface area contributed by atoms with Crippen LogP contribution in [0.2, 0.25) is 0 Å². The van der Waals surface area contributed by atoms with Gasteiger partial charge >= 0.3 is 0 Å². The van der Waals surface area contributed by atoms with Crippen molar-refractivity contribution in [3.63, 3.8) is 0 Å². The Balaban J connectivity index is 1.43. The first-order valence-electron chi connectivity index (χ1n) is 8.87. The van der Waals surface area contributed by atoms with Crippen LogP contribution in [0.5, 0.6) is 0 Å². The van der Waals surface area contributed by atoms with Crippen LogP contribution in [0.25, 0.3) is 16.6 Å². The minimum absolute atomic E-state index is 0.261. The summed E-state index contributed by atoms with van der Waals surface area (Å²) < 4.78 is 15.2. The van der Waals surface area contributed by atoms with E-state index in [2.05, 4.69) is 56.5 Å². The van der Waals surface area contributed by atoms with Crippen LogP contribution in [0.4, 0.5) is 4.39 Å². The number of fused-ring (bicyclic) bond motifs is 1. The average Bonchev–Trinajstić information content (AvgIpc) is 3.25. The number of hydrogen-bond donors (Lipinski definition) is 2. The molecule has 0 spiro atoms. The van der Waals surface area contributed by atoms with Gasteiger partial charge in [-0.3, -0.25) is 4.79 Å². The zero-order valence-electron chi connectivity index (χ0n) is 15.2. The number of H-pyrrole nitrogens is 1. The quantitative estimate of drug-likeness (QED) is 0.478. The van der Waals surface area contributed by atoms with Crippen LogP contribution >= 0.6 is 15.9 Å². The molecule has 0 radical (unpaired) electrons. The van der Waals surface area contributed by atoms with Gasteiger partial charge in [-0.15, -0.1) is 0 Å². The Morgan fingerprint density at radius 2 is 2.04 bits per heavy atom. The van der Waals surface area contributed by atoms with Gasteiger partial charge in [0.05, 0.1) is 10.2 Å². The van der Waals surface area contributed by atoms with E-state index < -0.39 is 0 Å². The van der Waals surface area contributed by atoms with Crippen molar-refractivity contribution < 1.29 is 9.18 Å². The normalized spacial score (nSPS) is 11.1. The van der Waals surface area contributed by atoms with Crippen molar-refractivity contribution in [2.24, 2.45) is 0 Å². The van der Waals surface area contributed by atoms with E-state index in [9.17, 15) is 9.18 Å². The maximum absolute atomic E-state index is 13.1. The highest BCUT2D eigenvalue weighted by Crippen LogP contribution is 2.20. The van der Waals surface area contributed by atoms with Gasteiger partial charge in [0, 0.05) is 29.8 Å². The molecule has 7 heteroatoms. The molecule has 0 saturated heterocycles. The molecule has 2 aromatic carbocycles. The third-order valence-corrected chi connectivity index (χ3v) is 5.16. The molecule has 0 aliphatic heterocycles. The molecular formula is C21H18BrFN4O. The first kappa shape index (κ1) is 18.4. The number of nitrogens with zero attached hydrogens (tertiary/aromatic N) is 2. The van der Waals surface area contributed by atoms with Gasteiger partial charge in [-0.2, -0.15) is 5.10 Å². The topological polar surface area (TPSA) is 62.7 Å². The molecule has 0 atom stereocenters. The monoisotopic (exact) mass is 440 g/mol. The standard InChI is InChI=1S/C21H18BrFN4O/c1-13-2-7-17-14(11-25-19(17)10-13)8-9-24-21(28)20-18(22)12-27(26-20)16-5-3-15(23)4-6-16/h2-7,10-12,25H,8-9H2,1H3,(H,24,28). The number of carbonyl (C=O) groups is 1. The number of halogens is 2. The molecule has 4 rings (SSSR count). The van der Waals surface area contributed by atoms with E-state index in [-0.39, 0.29) is 11.7 Å². The van der Waals surface area contributed by atoms with Crippen molar-refractivity contribution in [2.45, 2.75) is 13.3 Å². The fraction of sp³-hybridized carbons (Fsp3) is 0.143. The lowest BCUT2D eigenvalue weighted by atomic mass is 10.1. The van der Waals surface area contributed by atoms with E-state index >= 15 is 0 Å². The lowest BCUT2D eigenvalue weighted by Crippen LogP contribution is -2.26. The molecule has 2 aromatic heterocycles. The molecule has 1 amide bonds. The van der Waals surface area contributed by atoms with Crippen molar-refractivity contribution >= 4 is 32.7 Å². The number of aromatic nitrogens is 3. The molecule has 0 fully saturated rings. The molecule has 5 nitrogen and oxygen atoms in total. The van der Waals surface area contributed by atoms with Gasteiger partial charge in [0.25, 0.3) is 5.91 Å². The van der Waals surface area contributed by atoms with Crippen LogP contribution in [0.3, 0.4) is 0 Å². The molecule has 0 bridgehead atoms. The largest absolute Gasteiger partial charge is 0.361 e. The summed E-state index contributed by atoms with van der Waals surface area (Å²) in [6.45, 7) is 2.55. The number of rotatable bonds is 5. The van der Waals surface area contributed by atoms with Crippen molar-refractivity contribution in [1.29, 1.82) is 0 Å². The Hall–Kier alpha value is -2.93. The molecule has 142 valence electrons. The highest BCUT2D eigenvalue weighted by molar-refractivity contribution is 9.10. The second kappa shape index (κ2) is 7.59. The maximum Gasteiger partial charge on any atom is 0.272 e. The predicted molar refractivity (Wildman–Crippen MR) is 110 cm³/mol. The zero-order chi connectivity index (χ0) is 19.7. The molecule has 0 aliphatic carbocycles. The molecule has 4 aromatic rings. The maximum atomic E-state index is 13.1. The van der Waals surface area contributed by atoms with Gasteiger partial charge < -0.3 is 10.3 Å². The molecule has 0 aliphatic rings. The van der Waals surface area contributed by atoms with E-state index in [0.717, 1.165) is 11.1 Å². The number of carbonyl (C=O) groups excluding carboxylic acids is 1. The fourth-order valence-electron chi connectivity index (χ4n) is 3.13. The summed E-state index contributed by atoms with van der Waals surface area (Å²) in [5, 5.41) is 8.39. The van der Waals surface area contributed by atoms with Crippen LogP contribution in [-0.2, 0) is 6.42 Å². The van der Waals surface area contributed by atoms with E-state index in [1.165, 1.54) is 23.1 Å². The Bertz CT molecular complexity index is 1150. The fourth-order valence-corrected chi connectivity index (χ4v) is 3.59. The molecular weight excluding hydrogens is 423 g/mol. The van der Waals surface area contributed by atoms with Gasteiger partial charge in [0.1, 0.15) is 5.82 Å². The van der Waals surface area contributed by atoms with Crippen LogP contribution in [0.1, 0.15) is 21.6 Å². The summed E-state index contributed by atoms with van der Waals surface area (Å²) in [7, 11) is 0. The molecule has 2 N–H and O–H groups in total. The Morgan fingerprint density at radius 1 is 1.25 bits per heavy atom.